The van der Waals surface area contributed by atoms with Crippen LogP contribution in [0.3, 0.4) is 0 Å². The summed E-state index contributed by atoms with van der Waals surface area (Å²) in [4.78, 5) is 10.5. The Morgan fingerprint density at radius 2 is 2.60 bits per heavy atom. The van der Waals surface area contributed by atoms with E-state index in [1.165, 1.54) is 6.08 Å². The molecule has 1 heterocycles. The van der Waals surface area contributed by atoms with E-state index in [0.29, 0.717) is 12.8 Å². The van der Waals surface area contributed by atoms with Gasteiger partial charge in [-0.2, -0.15) is 0 Å². The smallest absolute Gasteiger partial charge is 0.306 e. The van der Waals surface area contributed by atoms with E-state index in [1.54, 1.807) is 0 Å². The minimum atomic E-state index is -0.702. The molecule has 1 aliphatic rings. The minimum Gasteiger partial charge on any atom is -0.459 e. The highest BCUT2D eigenvalue weighted by Gasteiger charge is 2.27. The summed E-state index contributed by atoms with van der Waals surface area (Å²) in [5.74, 6) is -0.231. The Hall–Kier alpha value is -0.830. The second-order valence-electron chi connectivity index (χ2n) is 2.29. The summed E-state index contributed by atoms with van der Waals surface area (Å²) in [5.41, 5.74) is 0. The predicted octanol–water partition coefficient (Wildman–Crippen LogP) is 0.239. The summed E-state index contributed by atoms with van der Waals surface area (Å²) in [6, 6.07) is 0. The Morgan fingerprint density at radius 3 is 3.00 bits per heavy atom. The maximum atomic E-state index is 10.5. The fraction of sp³-hybridized carbons (Fsp3) is 0.571. The van der Waals surface area contributed by atoms with Gasteiger partial charge in [0.2, 0.25) is 0 Å². The van der Waals surface area contributed by atoms with Gasteiger partial charge < -0.3 is 9.84 Å². The van der Waals surface area contributed by atoms with Gasteiger partial charge in [-0.15, -0.1) is 6.58 Å². The largest absolute Gasteiger partial charge is 0.459 e. The molecular formula is C7H10O3. The van der Waals surface area contributed by atoms with Crippen molar-refractivity contribution >= 4 is 5.97 Å². The fourth-order valence-electron chi connectivity index (χ4n) is 0.939. The number of esters is 1. The van der Waals surface area contributed by atoms with Gasteiger partial charge in [0.05, 0.1) is 0 Å². The number of carbonyl (C=O) groups is 1. The normalized spacial score (nSPS) is 27.7. The molecular weight excluding hydrogens is 132 g/mol. The van der Waals surface area contributed by atoms with Gasteiger partial charge in [-0.3, -0.25) is 4.79 Å². The topological polar surface area (TPSA) is 46.5 Å². The summed E-state index contributed by atoms with van der Waals surface area (Å²) in [6.45, 7) is 3.39. The molecule has 0 aromatic rings. The van der Waals surface area contributed by atoms with Gasteiger partial charge in [-0.25, -0.2) is 0 Å². The van der Waals surface area contributed by atoms with E-state index in [-0.39, 0.29) is 12.1 Å². The molecule has 0 aliphatic carbocycles. The lowest BCUT2D eigenvalue weighted by molar-refractivity contribution is -0.144. The van der Waals surface area contributed by atoms with Gasteiger partial charge in [0, 0.05) is 6.42 Å². The van der Waals surface area contributed by atoms with Gasteiger partial charge in [-0.1, -0.05) is 6.08 Å². The summed E-state index contributed by atoms with van der Waals surface area (Å²) in [6.07, 6.45) is 1.33. The number of aliphatic hydroxyl groups excluding tert-OH is 1. The number of hydrogen-bond donors (Lipinski definition) is 1. The average molecular weight is 142 g/mol. The first-order valence-corrected chi connectivity index (χ1v) is 3.24. The Morgan fingerprint density at radius 1 is 1.90 bits per heavy atom. The van der Waals surface area contributed by atoms with Crippen molar-refractivity contribution in [3.63, 3.8) is 0 Å². The third-order valence-electron chi connectivity index (χ3n) is 1.54. The Balaban J connectivity index is 2.43. The number of hydrogen-bond acceptors (Lipinski definition) is 3. The van der Waals surface area contributed by atoms with Crippen LogP contribution in [0.5, 0.6) is 0 Å². The molecule has 1 aliphatic heterocycles. The standard InChI is InChI=1S/C7H10O3/c1-2-5(8)6-3-4-7(9)10-6/h2,5-6,8H,1,3-4H2/t5-,6+/m1/s1. The molecule has 2 atom stereocenters. The van der Waals surface area contributed by atoms with Crippen molar-refractivity contribution in [1.29, 1.82) is 0 Å². The lowest BCUT2D eigenvalue weighted by Gasteiger charge is -2.11. The Bertz CT molecular complexity index is 153. The van der Waals surface area contributed by atoms with E-state index in [0.717, 1.165) is 0 Å². The number of rotatable bonds is 2. The van der Waals surface area contributed by atoms with E-state index in [2.05, 4.69) is 6.58 Å². The highest BCUT2D eigenvalue weighted by molar-refractivity contribution is 5.71. The lowest BCUT2D eigenvalue weighted by Crippen LogP contribution is -2.22. The van der Waals surface area contributed by atoms with Crippen LogP contribution in [-0.4, -0.2) is 23.3 Å². The third kappa shape index (κ3) is 1.36. The maximum Gasteiger partial charge on any atom is 0.306 e. The molecule has 1 N–H and O–H groups in total. The number of ether oxygens (including phenoxy) is 1. The molecule has 3 heteroatoms. The molecule has 1 saturated heterocycles. The second-order valence-corrected chi connectivity index (χ2v) is 2.29. The molecule has 0 radical (unpaired) electrons. The molecule has 0 bridgehead atoms. The molecule has 0 unspecified atom stereocenters. The van der Waals surface area contributed by atoms with E-state index < -0.39 is 6.10 Å². The van der Waals surface area contributed by atoms with E-state index in [9.17, 15) is 4.79 Å². The van der Waals surface area contributed by atoms with E-state index in [4.69, 9.17) is 9.84 Å². The molecule has 0 spiro atoms. The van der Waals surface area contributed by atoms with E-state index in [1.807, 2.05) is 0 Å². The van der Waals surface area contributed by atoms with Crippen molar-refractivity contribution in [1.82, 2.24) is 0 Å². The monoisotopic (exact) mass is 142 g/mol. The minimum absolute atomic E-state index is 0.231. The zero-order valence-electron chi connectivity index (χ0n) is 5.62. The van der Waals surface area contributed by atoms with Crippen LogP contribution in [0.2, 0.25) is 0 Å². The first-order valence-electron chi connectivity index (χ1n) is 3.24. The maximum absolute atomic E-state index is 10.5. The zero-order chi connectivity index (χ0) is 7.56. The summed E-state index contributed by atoms with van der Waals surface area (Å²) in [7, 11) is 0. The van der Waals surface area contributed by atoms with Crippen LogP contribution >= 0.6 is 0 Å². The fourth-order valence-corrected chi connectivity index (χ4v) is 0.939. The van der Waals surface area contributed by atoms with Crippen molar-refractivity contribution in [2.75, 3.05) is 0 Å². The third-order valence-corrected chi connectivity index (χ3v) is 1.54. The molecule has 56 valence electrons. The van der Waals surface area contributed by atoms with E-state index >= 15 is 0 Å². The first-order chi connectivity index (χ1) is 4.74. The van der Waals surface area contributed by atoms with Gasteiger partial charge >= 0.3 is 5.97 Å². The molecule has 3 nitrogen and oxygen atoms in total. The molecule has 0 aromatic heterocycles. The van der Waals surface area contributed by atoms with Crippen LogP contribution in [0.25, 0.3) is 0 Å². The highest BCUT2D eigenvalue weighted by Crippen LogP contribution is 2.17. The van der Waals surface area contributed by atoms with Gasteiger partial charge in [0.1, 0.15) is 12.2 Å². The predicted molar refractivity (Wildman–Crippen MR) is 35.3 cm³/mol. The first kappa shape index (κ1) is 7.28. The van der Waals surface area contributed by atoms with Crippen molar-refractivity contribution in [2.24, 2.45) is 0 Å². The van der Waals surface area contributed by atoms with Crippen LogP contribution < -0.4 is 0 Å². The van der Waals surface area contributed by atoms with Gasteiger partial charge in [-0.05, 0) is 6.42 Å². The number of carbonyl (C=O) groups excluding carboxylic acids is 1. The van der Waals surface area contributed by atoms with Crippen LogP contribution in [0.15, 0.2) is 12.7 Å². The van der Waals surface area contributed by atoms with Crippen molar-refractivity contribution < 1.29 is 14.6 Å². The summed E-state index contributed by atoms with van der Waals surface area (Å²) >= 11 is 0. The molecule has 0 saturated carbocycles. The summed E-state index contributed by atoms with van der Waals surface area (Å²) in [5, 5.41) is 9.08. The lowest BCUT2D eigenvalue weighted by atomic mass is 10.1. The van der Waals surface area contributed by atoms with Crippen molar-refractivity contribution in [3.05, 3.63) is 12.7 Å². The Kier molecular flexibility index (Phi) is 2.06. The second kappa shape index (κ2) is 2.84. The molecule has 1 rings (SSSR count). The highest BCUT2D eigenvalue weighted by atomic mass is 16.6. The average Bonchev–Trinajstić information content (AvgIpc) is 2.34. The number of aliphatic hydroxyl groups is 1. The van der Waals surface area contributed by atoms with Gasteiger partial charge in [0.15, 0.2) is 0 Å². The number of cyclic esters (lactones) is 1. The van der Waals surface area contributed by atoms with Crippen molar-refractivity contribution in [2.45, 2.75) is 25.0 Å². The van der Waals surface area contributed by atoms with Crippen molar-refractivity contribution in [3.8, 4) is 0 Å². The van der Waals surface area contributed by atoms with Crippen LogP contribution in [-0.2, 0) is 9.53 Å². The molecule has 1 fully saturated rings. The molecule has 0 aromatic carbocycles. The zero-order valence-corrected chi connectivity index (χ0v) is 5.62. The Labute approximate surface area is 59.3 Å². The van der Waals surface area contributed by atoms with Crippen LogP contribution in [0, 0.1) is 0 Å². The SMILES string of the molecule is C=C[C@@H](O)[C@@H]1CCC(=O)O1. The van der Waals surface area contributed by atoms with Crippen LogP contribution in [0.1, 0.15) is 12.8 Å². The quantitative estimate of drug-likeness (QED) is 0.443. The van der Waals surface area contributed by atoms with Crippen LogP contribution in [0.4, 0.5) is 0 Å². The van der Waals surface area contributed by atoms with Gasteiger partial charge in [0.25, 0.3) is 0 Å². The summed E-state index contributed by atoms with van der Waals surface area (Å²) < 4.78 is 4.75. The molecule has 10 heavy (non-hydrogen) atoms. The molecule has 0 amide bonds.